The molecule has 136 valence electrons. The Morgan fingerprint density at radius 2 is 1.92 bits per heavy atom. The van der Waals surface area contributed by atoms with Crippen LogP contribution in [0.1, 0.15) is 17.3 Å². The van der Waals surface area contributed by atoms with Crippen LogP contribution < -0.4 is 0 Å². The van der Waals surface area contributed by atoms with Crippen molar-refractivity contribution in [2.24, 2.45) is 0 Å². The number of hydrogen-bond donors (Lipinski definition) is 1. The highest BCUT2D eigenvalue weighted by molar-refractivity contribution is 8.00. The smallest absolute Gasteiger partial charge is 0.316 e. The van der Waals surface area contributed by atoms with Gasteiger partial charge in [-0.25, -0.2) is 0 Å². The van der Waals surface area contributed by atoms with Crippen LogP contribution in [0.4, 0.5) is 0 Å². The van der Waals surface area contributed by atoms with Crippen molar-refractivity contribution >= 4 is 29.5 Å². The van der Waals surface area contributed by atoms with E-state index in [2.05, 4.69) is 0 Å². The van der Waals surface area contributed by atoms with Crippen molar-refractivity contribution in [3.63, 3.8) is 0 Å². The third kappa shape index (κ3) is 5.20. The largest absolute Gasteiger partial charge is 0.480 e. The molecule has 1 unspecified atom stereocenters. The van der Waals surface area contributed by atoms with Gasteiger partial charge in [0.05, 0.1) is 25.3 Å². The third-order valence-corrected chi connectivity index (χ3v) is 5.02. The number of benzene rings is 1. The zero-order valence-electron chi connectivity index (χ0n) is 14.3. The standard InChI is InChI=1S/C17H22N2O5S/c1-12(17(22)23)25-14-6-4-3-5-13(14)16(21)18(2)11-15(20)19-7-9-24-10-8-19/h3-6,12H,7-11H2,1-2H3,(H,22,23). The fourth-order valence-corrected chi connectivity index (χ4v) is 3.30. The summed E-state index contributed by atoms with van der Waals surface area (Å²) in [6.07, 6.45) is 0. The number of thioether (sulfide) groups is 1. The van der Waals surface area contributed by atoms with Crippen LogP contribution in [-0.2, 0) is 14.3 Å². The molecule has 1 fully saturated rings. The lowest BCUT2D eigenvalue weighted by Crippen LogP contribution is -2.46. The second-order valence-corrected chi connectivity index (χ2v) is 7.13. The van der Waals surface area contributed by atoms with Gasteiger partial charge in [0.2, 0.25) is 5.91 Å². The Balaban J connectivity index is 2.06. The monoisotopic (exact) mass is 366 g/mol. The Kier molecular flexibility index (Phi) is 6.83. The minimum Gasteiger partial charge on any atom is -0.480 e. The van der Waals surface area contributed by atoms with E-state index in [9.17, 15) is 14.4 Å². The Morgan fingerprint density at radius 1 is 1.28 bits per heavy atom. The molecule has 0 radical (unpaired) electrons. The maximum absolute atomic E-state index is 12.7. The van der Waals surface area contributed by atoms with Crippen LogP contribution in [0.25, 0.3) is 0 Å². The maximum atomic E-state index is 12.7. The fraction of sp³-hybridized carbons (Fsp3) is 0.471. The number of carboxylic acid groups (broad SMARTS) is 1. The number of morpholine rings is 1. The highest BCUT2D eigenvalue weighted by Gasteiger charge is 2.23. The molecule has 0 aromatic heterocycles. The van der Waals surface area contributed by atoms with Gasteiger partial charge >= 0.3 is 5.97 Å². The lowest BCUT2D eigenvalue weighted by molar-refractivity contribution is -0.136. The lowest BCUT2D eigenvalue weighted by atomic mass is 10.2. The highest BCUT2D eigenvalue weighted by atomic mass is 32.2. The van der Waals surface area contributed by atoms with E-state index in [4.69, 9.17) is 9.84 Å². The molecule has 1 aromatic carbocycles. The van der Waals surface area contributed by atoms with Gasteiger partial charge in [-0.3, -0.25) is 14.4 Å². The molecule has 25 heavy (non-hydrogen) atoms. The number of carbonyl (C=O) groups excluding carboxylic acids is 2. The summed E-state index contributed by atoms with van der Waals surface area (Å²) < 4.78 is 5.22. The summed E-state index contributed by atoms with van der Waals surface area (Å²) in [5, 5.41) is 8.40. The van der Waals surface area contributed by atoms with Crippen molar-refractivity contribution in [3.8, 4) is 0 Å². The van der Waals surface area contributed by atoms with Gasteiger partial charge in [0.1, 0.15) is 5.25 Å². The lowest BCUT2D eigenvalue weighted by Gasteiger charge is -2.29. The first-order valence-corrected chi connectivity index (χ1v) is 8.87. The second kappa shape index (κ2) is 8.87. The Morgan fingerprint density at radius 3 is 2.56 bits per heavy atom. The predicted octanol–water partition coefficient (Wildman–Crippen LogP) is 1.18. The van der Waals surface area contributed by atoms with E-state index in [1.54, 1.807) is 43.1 Å². The van der Waals surface area contributed by atoms with E-state index < -0.39 is 11.2 Å². The SMILES string of the molecule is CC(Sc1ccccc1C(=O)N(C)CC(=O)N1CCOCC1)C(=O)O. The van der Waals surface area contributed by atoms with Gasteiger partial charge in [-0.15, -0.1) is 11.8 Å². The van der Waals surface area contributed by atoms with Crippen molar-refractivity contribution in [1.82, 2.24) is 9.80 Å². The average Bonchev–Trinajstić information content (AvgIpc) is 2.62. The van der Waals surface area contributed by atoms with E-state index in [1.165, 1.54) is 4.90 Å². The van der Waals surface area contributed by atoms with Crippen LogP contribution in [0.3, 0.4) is 0 Å². The van der Waals surface area contributed by atoms with E-state index in [1.807, 2.05) is 0 Å². The number of hydrogen-bond acceptors (Lipinski definition) is 5. The van der Waals surface area contributed by atoms with Crippen molar-refractivity contribution in [2.45, 2.75) is 17.1 Å². The van der Waals surface area contributed by atoms with Crippen molar-refractivity contribution in [1.29, 1.82) is 0 Å². The summed E-state index contributed by atoms with van der Waals surface area (Å²) in [4.78, 5) is 39.7. The summed E-state index contributed by atoms with van der Waals surface area (Å²) in [6, 6.07) is 6.84. The first kappa shape index (κ1) is 19.3. The van der Waals surface area contributed by atoms with Crippen LogP contribution >= 0.6 is 11.8 Å². The zero-order chi connectivity index (χ0) is 18.4. The molecule has 1 heterocycles. The van der Waals surface area contributed by atoms with Crippen LogP contribution in [-0.4, -0.2) is 77.8 Å². The molecule has 0 bridgehead atoms. The quantitative estimate of drug-likeness (QED) is 0.761. The van der Waals surface area contributed by atoms with Crippen molar-refractivity contribution in [3.05, 3.63) is 29.8 Å². The molecule has 2 rings (SSSR count). The highest BCUT2D eigenvalue weighted by Crippen LogP contribution is 2.27. The fourth-order valence-electron chi connectivity index (χ4n) is 2.38. The van der Waals surface area contributed by atoms with Gasteiger partial charge in [0.25, 0.3) is 5.91 Å². The molecule has 1 aromatic rings. The normalized spacial score (nSPS) is 15.5. The molecule has 0 spiro atoms. The summed E-state index contributed by atoms with van der Waals surface area (Å²) >= 11 is 1.11. The molecule has 1 saturated heterocycles. The van der Waals surface area contributed by atoms with Crippen molar-refractivity contribution < 1.29 is 24.2 Å². The molecule has 1 aliphatic heterocycles. The summed E-state index contributed by atoms with van der Waals surface area (Å²) in [6.45, 7) is 3.63. The first-order chi connectivity index (χ1) is 11.9. The molecule has 0 aliphatic carbocycles. The first-order valence-electron chi connectivity index (χ1n) is 7.99. The third-order valence-electron chi connectivity index (χ3n) is 3.85. The molecule has 1 atom stereocenters. The van der Waals surface area contributed by atoms with E-state index >= 15 is 0 Å². The van der Waals surface area contributed by atoms with Gasteiger partial charge in [-0.05, 0) is 19.1 Å². The number of amides is 2. The van der Waals surface area contributed by atoms with Crippen LogP contribution in [0.15, 0.2) is 29.2 Å². The molecule has 7 nitrogen and oxygen atoms in total. The zero-order valence-corrected chi connectivity index (χ0v) is 15.1. The van der Waals surface area contributed by atoms with E-state index in [0.717, 1.165) is 11.8 Å². The molecular weight excluding hydrogens is 344 g/mol. The summed E-state index contributed by atoms with van der Waals surface area (Å²) in [5.74, 6) is -1.37. The van der Waals surface area contributed by atoms with Gasteiger partial charge in [-0.2, -0.15) is 0 Å². The van der Waals surface area contributed by atoms with Crippen LogP contribution in [0.2, 0.25) is 0 Å². The predicted molar refractivity (Wildman–Crippen MR) is 93.8 cm³/mol. The molecule has 1 aliphatic rings. The molecule has 1 N–H and O–H groups in total. The van der Waals surface area contributed by atoms with Crippen LogP contribution in [0.5, 0.6) is 0 Å². The molecule has 8 heteroatoms. The molecule has 0 saturated carbocycles. The minimum absolute atomic E-state index is 0.0215. The number of aliphatic carboxylic acids is 1. The topological polar surface area (TPSA) is 87.2 Å². The number of nitrogens with zero attached hydrogens (tertiary/aromatic N) is 2. The number of rotatable bonds is 6. The minimum atomic E-state index is -0.942. The second-order valence-electron chi connectivity index (χ2n) is 5.75. The van der Waals surface area contributed by atoms with E-state index in [0.29, 0.717) is 36.8 Å². The Labute approximate surface area is 150 Å². The van der Waals surface area contributed by atoms with E-state index in [-0.39, 0.29) is 18.4 Å². The van der Waals surface area contributed by atoms with Gasteiger partial charge in [0.15, 0.2) is 0 Å². The number of likely N-dealkylation sites (N-methyl/N-ethyl adjacent to an activating group) is 1. The van der Waals surface area contributed by atoms with Gasteiger partial charge in [0, 0.05) is 25.0 Å². The maximum Gasteiger partial charge on any atom is 0.316 e. The number of carboxylic acids is 1. The van der Waals surface area contributed by atoms with Crippen molar-refractivity contribution in [2.75, 3.05) is 39.9 Å². The molecular formula is C17H22N2O5S. The Bertz CT molecular complexity index is 646. The van der Waals surface area contributed by atoms with Gasteiger partial charge in [-0.1, -0.05) is 12.1 Å². The molecule has 2 amide bonds. The number of carbonyl (C=O) groups is 3. The van der Waals surface area contributed by atoms with Crippen LogP contribution in [0, 0.1) is 0 Å². The number of ether oxygens (including phenoxy) is 1. The van der Waals surface area contributed by atoms with Gasteiger partial charge < -0.3 is 19.6 Å². The Hall–Kier alpha value is -2.06. The summed E-state index contributed by atoms with van der Waals surface area (Å²) in [7, 11) is 1.57. The summed E-state index contributed by atoms with van der Waals surface area (Å²) in [5.41, 5.74) is 0.401. The average molecular weight is 366 g/mol.